The van der Waals surface area contributed by atoms with E-state index in [0.717, 1.165) is 51.7 Å². The molecule has 21 heavy (non-hydrogen) atoms. The number of hydrogen-bond donors (Lipinski definition) is 1. The van der Waals surface area contributed by atoms with Crippen LogP contribution < -0.4 is 5.32 Å². The molecular formula is C17H31NO3. The predicted octanol–water partition coefficient (Wildman–Crippen LogP) is 2.37. The molecule has 4 unspecified atom stereocenters. The van der Waals surface area contributed by atoms with Crippen LogP contribution in [-0.2, 0) is 14.2 Å². The Labute approximate surface area is 128 Å². The lowest BCUT2D eigenvalue weighted by atomic mass is 9.74. The summed E-state index contributed by atoms with van der Waals surface area (Å²) in [5, 5.41) is 3.77. The molecule has 122 valence electrons. The molecule has 0 aliphatic carbocycles. The number of rotatable bonds is 4. The minimum atomic E-state index is 0.0971. The maximum Gasteiger partial charge on any atom is 0.0729 e. The molecule has 3 aliphatic heterocycles. The molecule has 0 bridgehead atoms. The molecular weight excluding hydrogens is 266 g/mol. The van der Waals surface area contributed by atoms with E-state index in [4.69, 9.17) is 14.2 Å². The summed E-state index contributed by atoms with van der Waals surface area (Å²) in [5.41, 5.74) is 0.0971. The van der Waals surface area contributed by atoms with Crippen LogP contribution in [0.1, 0.15) is 46.0 Å². The van der Waals surface area contributed by atoms with E-state index in [-0.39, 0.29) is 5.60 Å². The molecule has 1 N–H and O–H groups in total. The lowest BCUT2D eigenvalue weighted by Gasteiger charge is -2.46. The maximum atomic E-state index is 6.21. The Hall–Kier alpha value is -0.160. The second-order valence-corrected chi connectivity index (χ2v) is 7.12. The molecule has 3 fully saturated rings. The van der Waals surface area contributed by atoms with Gasteiger partial charge in [0.25, 0.3) is 0 Å². The van der Waals surface area contributed by atoms with Crippen LogP contribution in [0.5, 0.6) is 0 Å². The average Bonchev–Trinajstić information content (AvgIpc) is 2.92. The van der Waals surface area contributed by atoms with Gasteiger partial charge in [0.15, 0.2) is 0 Å². The van der Waals surface area contributed by atoms with E-state index in [1.807, 2.05) is 0 Å². The molecule has 3 aliphatic rings. The van der Waals surface area contributed by atoms with Gasteiger partial charge in [-0.1, -0.05) is 6.92 Å². The van der Waals surface area contributed by atoms with E-state index in [1.54, 1.807) is 0 Å². The lowest BCUT2D eigenvalue weighted by molar-refractivity contribution is -0.151. The third kappa shape index (κ3) is 3.61. The minimum absolute atomic E-state index is 0.0971. The summed E-state index contributed by atoms with van der Waals surface area (Å²) < 4.78 is 17.6. The quantitative estimate of drug-likeness (QED) is 0.865. The van der Waals surface area contributed by atoms with Crippen LogP contribution >= 0.6 is 0 Å². The van der Waals surface area contributed by atoms with Gasteiger partial charge in [0, 0.05) is 31.8 Å². The summed E-state index contributed by atoms with van der Waals surface area (Å²) in [6.07, 6.45) is 6.14. The first-order chi connectivity index (χ1) is 10.2. The Morgan fingerprint density at radius 3 is 2.67 bits per heavy atom. The van der Waals surface area contributed by atoms with Gasteiger partial charge in [-0.3, -0.25) is 0 Å². The van der Waals surface area contributed by atoms with E-state index in [2.05, 4.69) is 19.2 Å². The molecule has 0 radical (unpaired) electrons. The molecule has 0 amide bonds. The zero-order chi connectivity index (χ0) is 14.7. The summed E-state index contributed by atoms with van der Waals surface area (Å²) in [6.45, 7) is 9.03. The highest BCUT2D eigenvalue weighted by Crippen LogP contribution is 2.40. The number of ether oxygens (including phenoxy) is 3. The second kappa shape index (κ2) is 6.95. The van der Waals surface area contributed by atoms with Gasteiger partial charge in [-0.25, -0.2) is 0 Å². The SMILES string of the molecule is CCNC(C1COC(C)C1)C1CCOC2(CCOCC2)C1. The van der Waals surface area contributed by atoms with Crippen molar-refractivity contribution in [3.05, 3.63) is 0 Å². The highest BCUT2D eigenvalue weighted by Gasteiger charge is 2.43. The fourth-order valence-electron chi connectivity index (χ4n) is 4.52. The van der Waals surface area contributed by atoms with Gasteiger partial charge in [0.05, 0.1) is 18.3 Å². The first kappa shape index (κ1) is 15.7. The van der Waals surface area contributed by atoms with Crippen molar-refractivity contribution in [1.29, 1.82) is 0 Å². The van der Waals surface area contributed by atoms with Crippen LogP contribution in [0.4, 0.5) is 0 Å². The van der Waals surface area contributed by atoms with E-state index in [0.29, 0.717) is 18.1 Å². The maximum absolute atomic E-state index is 6.21. The minimum Gasteiger partial charge on any atom is -0.381 e. The number of hydrogen-bond acceptors (Lipinski definition) is 4. The summed E-state index contributed by atoms with van der Waals surface area (Å²) in [7, 11) is 0. The molecule has 4 heteroatoms. The summed E-state index contributed by atoms with van der Waals surface area (Å²) in [5.74, 6) is 1.38. The summed E-state index contributed by atoms with van der Waals surface area (Å²) in [6, 6.07) is 0.587. The average molecular weight is 297 g/mol. The third-order valence-corrected chi connectivity index (χ3v) is 5.62. The van der Waals surface area contributed by atoms with Gasteiger partial charge in [-0.2, -0.15) is 0 Å². The lowest BCUT2D eigenvalue weighted by Crippen LogP contribution is -2.51. The van der Waals surface area contributed by atoms with E-state index in [1.165, 1.54) is 19.3 Å². The van der Waals surface area contributed by atoms with Gasteiger partial charge < -0.3 is 19.5 Å². The van der Waals surface area contributed by atoms with E-state index >= 15 is 0 Å². The Morgan fingerprint density at radius 2 is 2.00 bits per heavy atom. The van der Waals surface area contributed by atoms with Crippen molar-refractivity contribution in [3.8, 4) is 0 Å². The molecule has 0 aromatic heterocycles. The van der Waals surface area contributed by atoms with Gasteiger partial charge in [0.2, 0.25) is 0 Å². The Morgan fingerprint density at radius 1 is 1.19 bits per heavy atom. The predicted molar refractivity (Wildman–Crippen MR) is 82.4 cm³/mol. The highest BCUT2D eigenvalue weighted by molar-refractivity contribution is 4.95. The topological polar surface area (TPSA) is 39.7 Å². The van der Waals surface area contributed by atoms with Crippen molar-refractivity contribution in [2.75, 3.05) is 33.0 Å². The largest absolute Gasteiger partial charge is 0.381 e. The van der Waals surface area contributed by atoms with Crippen LogP contribution in [0.3, 0.4) is 0 Å². The summed E-state index contributed by atoms with van der Waals surface area (Å²) in [4.78, 5) is 0. The highest BCUT2D eigenvalue weighted by atomic mass is 16.5. The molecule has 3 heterocycles. The second-order valence-electron chi connectivity index (χ2n) is 7.12. The van der Waals surface area contributed by atoms with Crippen molar-refractivity contribution in [2.45, 2.75) is 63.7 Å². The Kier molecular flexibility index (Phi) is 5.20. The normalized spacial score (nSPS) is 37.7. The monoisotopic (exact) mass is 297 g/mol. The molecule has 3 saturated heterocycles. The molecule has 4 atom stereocenters. The van der Waals surface area contributed by atoms with Gasteiger partial charge >= 0.3 is 0 Å². The van der Waals surface area contributed by atoms with Crippen LogP contribution in [0, 0.1) is 11.8 Å². The van der Waals surface area contributed by atoms with Crippen LogP contribution in [0.25, 0.3) is 0 Å². The Balaban J connectivity index is 1.66. The van der Waals surface area contributed by atoms with Gasteiger partial charge in [-0.15, -0.1) is 0 Å². The summed E-state index contributed by atoms with van der Waals surface area (Å²) >= 11 is 0. The zero-order valence-electron chi connectivity index (χ0n) is 13.6. The molecule has 0 aromatic rings. The number of nitrogens with one attached hydrogen (secondary N) is 1. The van der Waals surface area contributed by atoms with Crippen molar-refractivity contribution in [2.24, 2.45) is 11.8 Å². The van der Waals surface area contributed by atoms with Crippen molar-refractivity contribution >= 4 is 0 Å². The van der Waals surface area contributed by atoms with Crippen molar-refractivity contribution < 1.29 is 14.2 Å². The van der Waals surface area contributed by atoms with Crippen LogP contribution in [0.2, 0.25) is 0 Å². The Bertz CT molecular complexity index is 324. The fourth-order valence-corrected chi connectivity index (χ4v) is 4.52. The van der Waals surface area contributed by atoms with Crippen molar-refractivity contribution in [1.82, 2.24) is 5.32 Å². The first-order valence-electron chi connectivity index (χ1n) is 8.79. The fraction of sp³-hybridized carbons (Fsp3) is 1.00. The molecule has 3 rings (SSSR count). The van der Waals surface area contributed by atoms with Crippen LogP contribution in [-0.4, -0.2) is 50.7 Å². The molecule has 1 spiro atoms. The first-order valence-corrected chi connectivity index (χ1v) is 8.79. The smallest absolute Gasteiger partial charge is 0.0729 e. The van der Waals surface area contributed by atoms with E-state index in [9.17, 15) is 0 Å². The van der Waals surface area contributed by atoms with Crippen LogP contribution in [0.15, 0.2) is 0 Å². The molecule has 4 nitrogen and oxygen atoms in total. The third-order valence-electron chi connectivity index (χ3n) is 5.62. The molecule has 0 aromatic carbocycles. The van der Waals surface area contributed by atoms with Gasteiger partial charge in [-0.05, 0) is 51.5 Å². The van der Waals surface area contributed by atoms with Crippen molar-refractivity contribution in [3.63, 3.8) is 0 Å². The zero-order valence-corrected chi connectivity index (χ0v) is 13.6. The van der Waals surface area contributed by atoms with Gasteiger partial charge in [0.1, 0.15) is 0 Å². The molecule has 0 saturated carbocycles. The standard InChI is InChI=1S/C17H31NO3/c1-3-18-16(15-10-13(2)20-12-15)14-4-7-21-17(11-14)5-8-19-9-6-17/h13-16,18H,3-12H2,1-2H3. The van der Waals surface area contributed by atoms with E-state index < -0.39 is 0 Å².